The van der Waals surface area contributed by atoms with Crippen LogP contribution in [0.25, 0.3) is 22.0 Å². The minimum absolute atomic E-state index is 0.0566. The Labute approximate surface area is 213 Å². The maximum Gasteiger partial charge on any atom is 0.234 e. The van der Waals surface area contributed by atoms with E-state index in [2.05, 4.69) is 35.8 Å². The second-order valence-corrected chi connectivity index (χ2v) is 10.6. The minimum Gasteiger partial charge on any atom is -0.365 e. The number of piperidine rings is 1. The van der Waals surface area contributed by atoms with Crippen LogP contribution in [0.5, 0.6) is 0 Å². The summed E-state index contributed by atoms with van der Waals surface area (Å²) >= 11 is 1.38. The van der Waals surface area contributed by atoms with E-state index in [0.717, 1.165) is 35.4 Å². The van der Waals surface area contributed by atoms with Gasteiger partial charge in [-0.05, 0) is 48.4 Å². The highest BCUT2D eigenvalue weighted by atomic mass is 32.1. The Morgan fingerprint density at radius 3 is 2.69 bits per heavy atom. The van der Waals surface area contributed by atoms with Crippen LogP contribution in [0.4, 0.5) is 9.52 Å². The van der Waals surface area contributed by atoms with Crippen LogP contribution in [0.2, 0.25) is 0 Å². The highest BCUT2D eigenvalue weighted by Gasteiger charge is 2.54. The number of nitrogens with one attached hydrogen (secondary N) is 2. The third-order valence-electron chi connectivity index (χ3n) is 7.47. The molecular weight excluding hydrogens is 471 g/mol. The van der Waals surface area contributed by atoms with Gasteiger partial charge in [0.25, 0.3) is 0 Å². The Morgan fingerprint density at radius 2 is 1.89 bits per heavy atom. The highest BCUT2D eigenvalue weighted by Crippen LogP contribution is 2.53. The summed E-state index contributed by atoms with van der Waals surface area (Å²) in [7, 11) is 0. The zero-order valence-corrected chi connectivity index (χ0v) is 21.0. The molecule has 3 atom stereocenters. The monoisotopic (exact) mass is 498 g/mol. The van der Waals surface area contributed by atoms with Crippen LogP contribution in [0.1, 0.15) is 49.8 Å². The summed E-state index contributed by atoms with van der Waals surface area (Å²) < 4.78 is 14.3. The maximum atomic E-state index is 14.3. The number of nitrogens with zero attached hydrogens (tertiary/aromatic N) is 2. The number of hydrogen-bond acceptors (Lipinski definition) is 4. The Morgan fingerprint density at radius 1 is 1.14 bits per heavy atom. The van der Waals surface area contributed by atoms with Crippen molar-refractivity contribution >= 4 is 39.0 Å². The fraction of sp³-hybridized carbons (Fsp3) is 0.276. The molecule has 2 bridgehead atoms. The van der Waals surface area contributed by atoms with E-state index in [1.165, 1.54) is 28.5 Å². The van der Waals surface area contributed by atoms with Crippen molar-refractivity contribution in [3.05, 3.63) is 83.0 Å². The molecule has 7 heteroatoms. The van der Waals surface area contributed by atoms with Crippen LogP contribution in [0.15, 0.2) is 71.0 Å². The molecule has 2 aliphatic heterocycles. The van der Waals surface area contributed by atoms with Crippen LogP contribution >= 0.6 is 11.3 Å². The number of anilines is 1. The van der Waals surface area contributed by atoms with Gasteiger partial charge in [0, 0.05) is 28.8 Å². The van der Waals surface area contributed by atoms with E-state index < -0.39 is 5.41 Å². The molecule has 0 radical (unpaired) electrons. The zero-order chi connectivity index (χ0) is 24.9. The molecular formula is C29H27FN4OS. The van der Waals surface area contributed by atoms with E-state index in [4.69, 9.17) is 9.98 Å². The smallest absolute Gasteiger partial charge is 0.234 e. The standard InChI is InChI=1S/C29H27FN4OS/c1-3-14-31-26-22-15-29(2,25(33-26)21-11-7-5-9-18(21)22)27(35)34-28-32-24(16-36-28)20-12-13-23(30)19-10-6-4-8-17(19)20/h4-13,16,22,25H,3,14-15H2,1-2H3,(H,31,33)(H,32,34,35)/t22-,25?,29-/m0/s1. The average molecular weight is 499 g/mol. The summed E-state index contributed by atoms with van der Waals surface area (Å²) in [6.45, 7) is 4.92. The Hall–Kier alpha value is -3.58. The van der Waals surface area contributed by atoms with Gasteiger partial charge >= 0.3 is 0 Å². The summed E-state index contributed by atoms with van der Waals surface area (Å²) in [5.74, 6) is 0.753. The molecule has 1 amide bonds. The van der Waals surface area contributed by atoms with Gasteiger partial charge < -0.3 is 10.6 Å². The molecule has 1 fully saturated rings. The molecule has 36 heavy (non-hydrogen) atoms. The number of hydrogen-bond donors (Lipinski definition) is 2. The van der Waals surface area contributed by atoms with Crippen LogP contribution < -0.4 is 10.6 Å². The molecule has 1 saturated heterocycles. The normalized spacial score (nSPS) is 23.5. The number of carbonyl (C=O) groups excluding carboxylic acids is 1. The number of amidine groups is 1. The third-order valence-corrected chi connectivity index (χ3v) is 8.22. The van der Waals surface area contributed by atoms with Crippen molar-refractivity contribution in [3.63, 3.8) is 0 Å². The largest absolute Gasteiger partial charge is 0.365 e. The number of aromatic nitrogens is 1. The van der Waals surface area contributed by atoms with Crippen LogP contribution in [0, 0.1) is 11.2 Å². The molecule has 5 nitrogen and oxygen atoms in total. The number of aliphatic imine (C=N–C) groups is 1. The number of thiazole rings is 1. The lowest BCUT2D eigenvalue weighted by Gasteiger charge is -2.50. The zero-order valence-electron chi connectivity index (χ0n) is 20.2. The second-order valence-electron chi connectivity index (χ2n) is 9.78. The molecule has 1 aliphatic carbocycles. The van der Waals surface area contributed by atoms with E-state index in [1.807, 2.05) is 36.6 Å². The van der Waals surface area contributed by atoms with E-state index in [9.17, 15) is 9.18 Å². The number of carbonyl (C=O) groups is 1. The molecule has 7 rings (SSSR count). The van der Waals surface area contributed by atoms with Gasteiger partial charge in [0.15, 0.2) is 5.13 Å². The van der Waals surface area contributed by atoms with Crippen molar-refractivity contribution in [2.75, 3.05) is 11.9 Å². The molecule has 4 aromatic rings. The number of rotatable bonds is 5. The van der Waals surface area contributed by atoms with Crippen molar-refractivity contribution in [3.8, 4) is 11.3 Å². The lowest BCUT2D eigenvalue weighted by molar-refractivity contribution is -0.127. The van der Waals surface area contributed by atoms with Gasteiger partial charge in [0.05, 0.1) is 17.2 Å². The minimum atomic E-state index is -0.654. The lowest BCUT2D eigenvalue weighted by Crippen LogP contribution is -2.57. The first kappa shape index (κ1) is 22.9. The quantitative estimate of drug-likeness (QED) is 0.322. The van der Waals surface area contributed by atoms with Crippen LogP contribution in [-0.4, -0.2) is 23.3 Å². The molecule has 3 aromatic carbocycles. The van der Waals surface area contributed by atoms with Gasteiger partial charge in [-0.15, -0.1) is 11.3 Å². The SMILES string of the molecule is CCCN=C1NC2c3ccccc3[C@@H]1C[C@]2(C)C(=O)Nc1nc(-c2ccc(F)c3ccccc23)cs1. The molecule has 1 unspecified atom stereocenters. The summed E-state index contributed by atoms with van der Waals surface area (Å²) in [5.41, 5.74) is 3.34. The van der Waals surface area contributed by atoms with Crippen molar-refractivity contribution in [1.29, 1.82) is 0 Å². The van der Waals surface area contributed by atoms with Crippen molar-refractivity contribution in [2.24, 2.45) is 10.4 Å². The molecule has 2 N–H and O–H groups in total. The van der Waals surface area contributed by atoms with E-state index in [0.29, 0.717) is 16.9 Å². The third kappa shape index (κ3) is 3.61. The maximum absolute atomic E-state index is 14.3. The molecule has 0 spiro atoms. The summed E-state index contributed by atoms with van der Waals surface area (Å²) in [6, 6.07) is 18.8. The Bertz CT molecular complexity index is 1510. The number of benzene rings is 3. The van der Waals surface area contributed by atoms with Gasteiger partial charge in [0.1, 0.15) is 11.7 Å². The van der Waals surface area contributed by atoms with Crippen LogP contribution in [-0.2, 0) is 4.79 Å². The number of amides is 1. The predicted molar refractivity (Wildman–Crippen MR) is 144 cm³/mol. The lowest BCUT2D eigenvalue weighted by atomic mass is 9.61. The van der Waals surface area contributed by atoms with E-state index in [1.54, 1.807) is 12.1 Å². The highest BCUT2D eigenvalue weighted by molar-refractivity contribution is 7.14. The van der Waals surface area contributed by atoms with Gasteiger partial charge in [-0.25, -0.2) is 9.37 Å². The first-order valence-electron chi connectivity index (χ1n) is 12.3. The van der Waals surface area contributed by atoms with Crippen LogP contribution in [0.3, 0.4) is 0 Å². The van der Waals surface area contributed by atoms with Crippen molar-refractivity contribution in [1.82, 2.24) is 10.3 Å². The van der Waals surface area contributed by atoms with Gasteiger partial charge in [0.2, 0.25) is 5.91 Å². The number of fused-ring (bicyclic) bond motifs is 3. The predicted octanol–water partition coefficient (Wildman–Crippen LogP) is 6.69. The molecule has 3 heterocycles. The Kier molecular flexibility index (Phi) is 5.60. The summed E-state index contributed by atoms with van der Waals surface area (Å²) in [6.07, 6.45) is 1.68. The first-order valence-corrected chi connectivity index (χ1v) is 13.2. The Balaban J connectivity index is 1.29. The average Bonchev–Trinajstić information content (AvgIpc) is 3.36. The molecule has 0 saturated carbocycles. The topological polar surface area (TPSA) is 66.4 Å². The number of halogens is 1. The first-order chi connectivity index (χ1) is 17.5. The summed E-state index contributed by atoms with van der Waals surface area (Å²) in [4.78, 5) is 23.2. The van der Waals surface area contributed by atoms with E-state index >= 15 is 0 Å². The fourth-order valence-corrected chi connectivity index (χ4v) is 6.31. The molecule has 3 aliphatic rings. The van der Waals surface area contributed by atoms with Crippen molar-refractivity contribution < 1.29 is 9.18 Å². The van der Waals surface area contributed by atoms with Gasteiger partial charge in [-0.2, -0.15) is 0 Å². The molecule has 1 aromatic heterocycles. The van der Waals surface area contributed by atoms with Gasteiger partial charge in [-0.1, -0.05) is 55.5 Å². The fourth-order valence-electron chi connectivity index (χ4n) is 5.61. The molecule has 182 valence electrons. The van der Waals surface area contributed by atoms with Crippen molar-refractivity contribution in [2.45, 2.75) is 38.6 Å². The summed E-state index contributed by atoms with van der Waals surface area (Å²) in [5, 5.41) is 10.5. The second kappa shape index (κ2) is 8.82. The van der Waals surface area contributed by atoms with E-state index in [-0.39, 0.29) is 23.7 Å². The van der Waals surface area contributed by atoms with Gasteiger partial charge in [-0.3, -0.25) is 9.79 Å².